The van der Waals surface area contributed by atoms with Crippen LogP contribution in [-0.4, -0.2) is 16.0 Å². The van der Waals surface area contributed by atoms with Crippen molar-refractivity contribution >= 4 is 41.1 Å². The largest absolute Gasteiger partial charge is 0.477 e. The van der Waals surface area contributed by atoms with E-state index in [9.17, 15) is 20.0 Å². The van der Waals surface area contributed by atoms with Crippen molar-refractivity contribution in [3.8, 4) is 0 Å². The highest BCUT2D eigenvalue weighted by Gasteiger charge is 2.18. The minimum Gasteiger partial charge on any atom is -0.477 e. The third-order valence-electron chi connectivity index (χ3n) is 2.68. The normalized spacial score (nSPS) is 11.2. The minimum atomic E-state index is -1.18. The van der Waals surface area contributed by atoms with Crippen LogP contribution in [0.25, 0.3) is 6.08 Å². The zero-order valence-corrected chi connectivity index (χ0v) is 12.7. The Balaban J connectivity index is 2.41. The molecule has 0 unspecified atom stereocenters. The zero-order chi connectivity index (χ0) is 16.1. The van der Waals surface area contributed by atoms with Crippen LogP contribution in [0.1, 0.15) is 5.56 Å². The van der Waals surface area contributed by atoms with Crippen molar-refractivity contribution in [1.29, 1.82) is 0 Å². The molecule has 0 atom stereocenters. The summed E-state index contributed by atoms with van der Waals surface area (Å²) in [5, 5.41) is 20.7. The Kier molecular flexibility index (Phi) is 5.19. The van der Waals surface area contributed by atoms with E-state index in [0.717, 1.165) is 11.8 Å². The number of hydrogen-bond donors (Lipinski definition) is 1. The molecule has 1 N–H and O–H groups in total. The molecule has 0 aliphatic carbocycles. The molecule has 0 aromatic heterocycles. The number of nitro benzene ring substituents is 1. The van der Waals surface area contributed by atoms with E-state index in [0.29, 0.717) is 10.6 Å². The van der Waals surface area contributed by atoms with Gasteiger partial charge in [-0.1, -0.05) is 53.7 Å². The van der Waals surface area contributed by atoms with Gasteiger partial charge in [-0.15, -0.1) is 0 Å². The Labute approximate surface area is 135 Å². The number of rotatable bonds is 5. The van der Waals surface area contributed by atoms with Crippen molar-refractivity contribution in [2.45, 2.75) is 4.90 Å². The topological polar surface area (TPSA) is 80.4 Å². The van der Waals surface area contributed by atoms with E-state index in [1.807, 2.05) is 0 Å². The molecule has 0 aliphatic rings. The molecule has 0 heterocycles. The average molecular weight is 336 g/mol. The van der Waals surface area contributed by atoms with Crippen LogP contribution >= 0.6 is 23.4 Å². The number of hydrogen-bond acceptors (Lipinski definition) is 4. The third-order valence-corrected chi connectivity index (χ3v) is 4.11. The number of carboxylic acid groups (broad SMARTS) is 1. The predicted molar refractivity (Wildman–Crippen MR) is 86.0 cm³/mol. The maximum absolute atomic E-state index is 11.4. The van der Waals surface area contributed by atoms with Gasteiger partial charge in [0.1, 0.15) is 0 Å². The number of carboxylic acids is 1. The van der Waals surface area contributed by atoms with Crippen molar-refractivity contribution in [3.63, 3.8) is 0 Å². The molecule has 0 saturated heterocycles. The first kappa shape index (κ1) is 16.1. The van der Waals surface area contributed by atoms with Crippen molar-refractivity contribution in [2.24, 2.45) is 0 Å². The van der Waals surface area contributed by atoms with Crippen LogP contribution in [0.5, 0.6) is 0 Å². The number of para-hydroxylation sites is 1. The first-order valence-electron chi connectivity index (χ1n) is 6.10. The van der Waals surface area contributed by atoms with Gasteiger partial charge in [0, 0.05) is 11.1 Å². The SMILES string of the molecule is O=C(O)/C(=C/c1ccccc1Cl)Sc1ccccc1[N+](=O)[O-]. The van der Waals surface area contributed by atoms with Crippen molar-refractivity contribution in [2.75, 3.05) is 0 Å². The van der Waals surface area contributed by atoms with Crippen molar-refractivity contribution in [1.82, 2.24) is 0 Å². The van der Waals surface area contributed by atoms with E-state index in [4.69, 9.17) is 11.6 Å². The highest BCUT2D eigenvalue weighted by atomic mass is 35.5. The van der Waals surface area contributed by atoms with Crippen LogP contribution in [0.3, 0.4) is 0 Å². The number of benzene rings is 2. The molecule has 22 heavy (non-hydrogen) atoms. The van der Waals surface area contributed by atoms with Gasteiger partial charge < -0.3 is 5.11 Å². The number of nitro groups is 1. The van der Waals surface area contributed by atoms with Crippen LogP contribution in [0.15, 0.2) is 58.3 Å². The van der Waals surface area contributed by atoms with Crippen LogP contribution < -0.4 is 0 Å². The van der Waals surface area contributed by atoms with E-state index in [1.165, 1.54) is 24.3 Å². The molecular formula is C15H10ClNO4S. The Morgan fingerprint density at radius 2 is 1.82 bits per heavy atom. The number of carbonyl (C=O) groups is 1. The molecule has 2 rings (SSSR count). The van der Waals surface area contributed by atoms with Crippen molar-refractivity contribution in [3.05, 3.63) is 74.1 Å². The molecule has 2 aromatic rings. The van der Waals surface area contributed by atoms with Gasteiger partial charge in [0.05, 0.1) is 14.7 Å². The summed E-state index contributed by atoms with van der Waals surface area (Å²) in [7, 11) is 0. The highest BCUT2D eigenvalue weighted by molar-refractivity contribution is 8.04. The first-order chi connectivity index (χ1) is 10.5. The highest BCUT2D eigenvalue weighted by Crippen LogP contribution is 2.35. The second-order valence-corrected chi connectivity index (χ2v) is 5.65. The smallest absolute Gasteiger partial charge is 0.342 e. The lowest BCUT2D eigenvalue weighted by Crippen LogP contribution is -1.98. The maximum atomic E-state index is 11.4. The summed E-state index contributed by atoms with van der Waals surface area (Å²) >= 11 is 6.82. The number of thioether (sulfide) groups is 1. The fraction of sp³-hybridized carbons (Fsp3) is 0. The van der Waals surface area contributed by atoms with Crippen LogP contribution in [0.4, 0.5) is 5.69 Å². The van der Waals surface area contributed by atoms with Gasteiger partial charge in [0.2, 0.25) is 0 Å². The molecule has 0 radical (unpaired) electrons. The molecule has 5 nitrogen and oxygen atoms in total. The second kappa shape index (κ2) is 7.11. The summed E-state index contributed by atoms with van der Waals surface area (Å²) in [4.78, 5) is 22.0. The standard InChI is InChI=1S/C15H10ClNO4S/c16-11-6-2-1-5-10(11)9-14(15(18)19)22-13-8-4-3-7-12(13)17(20)21/h1-9H,(H,18,19)/b14-9-. The van der Waals surface area contributed by atoms with Gasteiger partial charge in [-0.05, 0) is 23.8 Å². The van der Waals surface area contributed by atoms with E-state index in [-0.39, 0.29) is 15.5 Å². The molecular weight excluding hydrogens is 326 g/mol. The Hall–Kier alpha value is -2.31. The second-order valence-electron chi connectivity index (χ2n) is 4.16. The Morgan fingerprint density at radius 3 is 2.45 bits per heavy atom. The minimum absolute atomic E-state index is 0.0533. The fourth-order valence-corrected chi connectivity index (χ4v) is 2.78. The molecule has 0 spiro atoms. The number of aliphatic carboxylic acids is 1. The predicted octanol–water partition coefficient (Wildman–Crippen LogP) is 4.47. The van der Waals surface area contributed by atoms with Gasteiger partial charge >= 0.3 is 5.97 Å². The first-order valence-corrected chi connectivity index (χ1v) is 7.29. The van der Waals surface area contributed by atoms with E-state index in [2.05, 4.69) is 0 Å². The molecule has 112 valence electrons. The molecule has 0 saturated carbocycles. The number of nitrogens with zero attached hydrogens (tertiary/aromatic N) is 1. The summed E-state index contributed by atoms with van der Waals surface area (Å²) in [5.41, 5.74) is 0.395. The van der Waals surface area contributed by atoms with Gasteiger partial charge in [0.15, 0.2) is 0 Å². The van der Waals surface area contributed by atoms with Gasteiger partial charge in [-0.2, -0.15) is 0 Å². The van der Waals surface area contributed by atoms with Gasteiger partial charge in [-0.3, -0.25) is 10.1 Å². The molecule has 0 fully saturated rings. The quantitative estimate of drug-likeness (QED) is 0.377. The molecule has 0 aliphatic heterocycles. The van der Waals surface area contributed by atoms with E-state index >= 15 is 0 Å². The summed E-state index contributed by atoms with van der Waals surface area (Å²) in [6, 6.07) is 12.8. The lowest BCUT2D eigenvalue weighted by molar-refractivity contribution is -0.387. The molecule has 7 heteroatoms. The van der Waals surface area contributed by atoms with E-state index < -0.39 is 10.9 Å². The summed E-state index contributed by atoms with van der Waals surface area (Å²) < 4.78 is 0. The zero-order valence-electron chi connectivity index (χ0n) is 11.1. The Bertz CT molecular complexity index is 761. The Morgan fingerprint density at radius 1 is 1.18 bits per heavy atom. The lowest BCUT2D eigenvalue weighted by atomic mass is 10.2. The summed E-state index contributed by atoms with van der Waals surface area (Å²) in [6.07, 6.45) is 1.39. The van der Waals surface area contributed by atoms with Gasteiger partial charge in [-0.25, -0.2) is 4.79 Å². The van der Waals surface area contributed by atoms with E-state index in [1.54, 1.807) is 30.3 Å². The van der Waals surface area contributed by atoms with Crippen LogP contribution in [0.2, 0.25) is 5.02 Å². The average Bonchev–Trinajstić information content (AvgIpc) is 2.49. The lowest BCUT2D eigenvalue weighted by Gasteiger charge is -2.05. The maximum Gasteiger partial charge on any atom is 0.342 e. The van der Waals surface area contributed by atoms with Crippen LogP contribution in [0, 0.1) is 10.1 Å². The number of halogens is 1. The fourth-order valence-electron chi connectivity index (χ4n) is 1.68. The van der Waals surface area contributed by atoms with Gasteiger partial charge in [0.25, 0.3) is 5.69 Å². The summed E-state index contributed by atoms with van der Waals surface area (Å²) in [5.74, 6) is -1.18. The van der Waals surface area contributed by atoms with Crippen LogP contribution in [-0.2, 0) is 4.79 Å². The van der Waals surface area contributed by atoms with Crippen molar-refractivity contribution < 1.29 is 14.8 Å². The molecule has 0 bridgehead atoms. The molecule has 2 aromatic carbocycles. The third kappa shape index (κ3) is 3.87. The summed E-state index contributed by atoms with van der Waals surface area (Å²) in [6.45, 7) is 0. The monoisotopic (exact) mass is 335 g/mol. The molecule has 0 amide bonds.